The highest BCUT2D eigenvalue weighted by atomic mass is 35.5. The highest BCUT2D eigenvalue weighted by Gasteiger charge is 2.31. The van der Waals surface area contributed by atoms with Crippen molar-refractivity contribution in [2.45, 2.75) is 25.9 Å². The smallest absolute Gasteiger partial charge is 0.244 e. The molecular weight excluding hydrogens is 408 g/mol. The van der Waals surface area contributed by atoms with E-state index in [-0.39, 0.29) is 5.91 Å². The van der Waals surface area contributed by atoms with Gasteiger partial charge in [0.25, 0.3) is 0 Å². The second-order valence-corrected chi connectivity index (χ2v) is 9.11. The van der Waals surface area contributed by atoms with Gasteiger partial charge in [0.05, 0.1) is 11.9 Å². The Balaban J connectivity index is 1.86. The molecule has 0 aliphatic rings. The fourth-order valence-electron chi connectivity index (χ4n) is 3.42. The van der Waals surface area contributed by atoms with Gasteiger partial charge in [0, 0.05) is 11.6 Å². The number of carbonyl (C=O) groups excluding carboxylic acids is 1. The molecule has 0 radical (unpaired) electrons. The van der Waals surface area contributed by atoms with Gasteiger partial charge in [-0.05, 0) is 41.0 Å². The molecule has 0 fully saturated rings. The van der Waals surface area contributed by atoms with Crippen LogP contribution in [-0.4, -0.2) is 26.6 Å². The van der Waals surface area contributed by atoms with Gasteiger partial charge in [0.15, 0.2) is 0 Å². The van der Waals surface area contributed by atoms with Crippen LogP contribution >= 0.6 is 11.6 Å². The summed E-state index contributed by atoms with van der Waals surface area (Å²) in [5.41, 5.74) is 1.34. The van der Waals surface area contributed by atoms with Crippen molar-refractivity contribution in [3.05, 3.63) is 77.3 Å². The molecule has 0 saturated carbocycles. The lowest BCUT2D eigenvalue weighted by atomic mass is 10.0. The first-order valence-corrected chi connectivity index (χ1v) is 11.5. The summed E-state index contributed by atoms with van der Waals surface area (Å²) in [6, 6.07) is 19.5. The Hall–Kier alpha value is -2.57. The maximum absolute atomic E-state index is 13.0. The first kappa shape index (κ1) is 21.1. The quantitative estimate of drug-likeness (QED) is 0.605. The molecular formula is C22H23ClN2O3S. The topological polar surface area (TPSA) is 66.5 Å². The van der Waals surface area contributed by atoms with E-state index in [1.54, 1.807) is 31.2 Å². The second-order valence-electron chi connectivity index (χ2n) is 6.82. The van der Waals surface area contributed by atoms with Crippen molar-refractivity contribution >= 4 is 44.0 Å². The molecule has 7 heteroatoms. The van der Waals surface area contributed by atoms with Gasteiger partial charge in [-0.3, -0.25) is 9.10 Å². The summed E-state index contributed by atoms with van der Waals surface area (Å²) >= 11 is 6.04. The van der Waals surface area contributed by atoms with Crippen molar-refractivity contribution in [3.63, 3.8) is 0 Å². The van der Waals surface area contributed by atoms with Crippen LogP contribution in [0.25, 0.3) is 10.8 Å². The lowest BCUT2D eigenvalue weighted by Crippen LogP contribution is -2.49. The predicted molar refractivity (Wildman–Crippen MR) is 119 cm³/mol. The Morgan fingerprint density at radius 3 is 2.45 bits per heavy atom. The monoisotopic (exact) mass is 430 g/mol. The van der Waals surface area contributed by atoms with Gasteiger partial charge in [-0.25, -0.2) is 8.42 Å². The zero-order chi connectivity index (χ0) is 21.0. The van der Waals surface area contributed by atoms with Crippen LogP contribution in [0.4, 0.5) is 5.69 Å². The number of amides is 1. The van der Waals surface area contributed by atoms with Gasteiger partial charge in [0.1, 0.15) is 6.04 Å². The minimum Gasteiger partial charge on any atom is -0.350 e. The van der Waals surface area contributed by atoms with Crippen LogP contribution in [0.1, 0.15) is 18.9 Å². The molecule has 1 amide bonds. The molecule has 3 aromatic rings. The summed E-state index contributed by atoms with van der Waals surface area (Å²) in [5.74, 6) is -0.356. The van der Waals surface area contributed by atoms with E-state index in [1.807, 2.05) is 42.5 Å². The first-order valence-electron chi connectivity index (χ1n) is 9.30. The first-order chi connectivity index (χ1) is 13.8. The number of hydrogen-bond donors (Lipinski definition) is 1. The fourth-order valence-corrected chi connectivity index (χ4v) is 4.81. The third-order valence-electron chi connectivity index (χ3n) is 4.73. The van der Waals surface area contributed by atoms with Crippen molar-refractivity contribution < 1.29 is 13.2 Å². The molecule has 1 atom stereocenters. The molecule has 0 heterocycles. The van der Waals surface area contributed by atoms with Crippen LogP contribution in [0.2, 0.25) is 5.02 Å². The maximum atomic E-state index is 13.0. The number of carbonyl (C=O) groups is 1. The van der Waals surface area contributed by atoms with Gasteiger partial charge >= 0.3 is 0 Å². The molecule has 0 unspecified atom stereocenters. The average Bonchev–Trinajstić information content (AvgIpc) is 2.69. The zero-order valence-electron chi connectivity index (χ0n) is 16.3. The number of fused-ring (bicyclic) bond motifs is 1. The van der Waals surface area contributed by atoms with E-state index in [2.05, 4.69) is 5.32 Å². The van der Waals surface area contributed by atoms with E-state index >= 15 is 0 Å². The molecule has 29 heavy (non-hydrogen) atoms. The van der Waals surface area contributed by atoms with Crippen LogP contribution in [0.5, 0.6) is 0 Å². The van der Waals surface area contributed by atoms with Gasteiger partial charge < -0.3 is 5.32 Å². The lowest BCUT2D eigenvalue weighted by molar-refractivity contribution is -0.122. The summed E-state index contributed by atoms with van der Waals surface area (Å²) in [4.78, 5) is 13.0. The molecule has 0 bridgehead atoms. The molecule has 0 aliphatic heterocycles. The number of nitrogens with one attached hydrogen (secondary N) is 1. The summed E-state index contributed by atoms with van der Waals surface area (Å²) in [6.45, 7) is 2.09. The van der Waals surface area contributed by atoms with Gasteiger partial charge in [-0.1, -0.05) is 67.1 Å². The minimum absolute atomic E-state index is 0.309. The molecule has 0 aliphatic carbocycles. The number of halogens is 1. The van der Waals surface area contributed by atoms with Crippen LogP contribution in [0, 0.1) is 0 Å². The van der Waals surface area contributed by atoms with Crippen LogP contribution in [0.15, 0.2) is 66.7 Å². The molecule has 1 N–H and O–H groups in total. The van der Waals surface area contributed by atoms with E-state index in [0.29, 0.717) is 23.7 Å². The van der Waals surface area contributed by atoms with E-state index < -0.39 is 16.1 Å². The highest BCUT2D eigenvalue weighted by Crippen LogP contribution is 2.25. The molecule has 0 aromatic heterocycles. The number of nitrogens with zero attached hydrogens (tertiary/aromatic N) is 1. The number of rotatable bonds is 7. The van der Waals surface area contributed by atoms with Crippen molar-refractivity contribution in [2.75, 3.05) is 10.6 Å². The summed E-state index contributed by atoms with van der Waals surface area (Å²) in [7, 11) is -3.69. The molecule has 152 valence electrons. The van der Waals surface area contributed by atoms with E-state index in [9.17, 15) is 13.2 Å². The van der Waals surface area contributed by atoms with Crippen molar-refractivity contribution in [1.29, 1.82) is 0 Å². The molecule has 3 rings (SSSR count). The Kier molecular flexibility index (Phi) is 6.45. The number of anilines is 1. The zero-order valence-corrected chi connectivity index (χ0v) is 17.9. The second kappa shape index (κ2) is 8.84. The normalized spacial score (nSPS) is 12.5. The third-order valence-corrected chi connectivity index (χ3v) is 6.14. The van der Waals surface area contributed by atoms with Crippen molar-refractivity contribution in [1.82, 2.24) is 5.32 Å². The largest absolute Gasteiger partial charge is 0.350 e. The maximum Gasteiger partial charge on any atom is 0.244 e. The third kappa shape index (κ3) is 4.89. The number of sulfonamides is 1. The lowest BCUT2D eigenvalue weighted by Gasteiger charge is -2.30. The Morgan fingerprint density at radius 1 is 1.07 bits per heavy atom. The standard InChI is InChI=1S/C22H23ClN2O3S/c1-3-21(25(29(2,27)28)19-12-7-11-18(23)14-19)22(26)24-15-17-10-6-9-16-8-4-5-13-20(16)17/h4-14,21H,3,15H2,1-2H3,(H,24,26)/t21-/m0/s1. The molecule has 3 aromatic carbocycles. The molecule has 5 nitrogen and oxygen atoms in total. The molecule has 0 spiro atoms. The molecule has 0 saturated heterocycles. The fraction of sp³-hybridized carbons (Fsp3) is 0.227. The van der Waals surface area contributed by atoms with Gasteiger partial charge in [0.2, 0.25) is 15.9 Å². The summed E-state index contributed by atoms with van der Waals surface area (Å²) < 4.78 is 26.1. The van der Waals surface area contributed by atoms with Crippen molar-refractivity contribution in [2.24, 2.45) is 0 Å². The van der Waals surface area contributed by atoms with E-state index in [0.717, 1.165) is 26.9 Å². The summed E-state index contributed by atoms with van der Waals surface area (Å²) in [5, 5.41) is 5.45. The van der Waals surface area contributed by atoms with Gasteiger partial charge in [-0.2, -0.15) is 0 Å². The predicted octanol–water partition coefficient (Wildman–Crippen LogP) is 4.35. The SMILES string of the molecule is CC[C@@H](C(=O)NCc1cccc2ccccc12)N(c1cccc(Cl)c1)S(C)(=O)=O. The Bertz CT molecular complexity index is 1130. The average molecular weight is 431 g/mol. The Morgan fingerprint density at radius 2 is 1.76 bits per heavy atom. The van der Waals surface area contributed by atoms with E-state index in [1.165, 1.54) is 0 Å². The highest BCUT2D eigenvalue weighted by molar-refractivity contribution is 7.92. The van der Waals surface area contributed by atoms with Crippen LogP contribution in [0.3, 0.4) is 0 Å². The number of benzene rings is 3. The van der Waals surface area contributed by atoms with Crippen LogP contribution < -0.4 is 9.62 Å². The van der Waals surface area contributed by atoms with Gasteiger partial charge in [-0.15, -0.1) is 0 Å². The van der Waals surface area contributed by atoms with Crippen molar-refractivity contribution in [3.8, 4) is 0 Å². The number of hydrogen-bond acceptors (Lipinski definition) is 3. The minimum atomic E-state index is -3.69. The summed E-state index contributed by atoms with van der Waals surface area (Å²) in [6.07, 6.45) is 1.41. The van der Waals surface area contributed by atoms with E-state index in [4.69, 9.17) is 11.6 Å². The van der Waals surface area contributed by atoms with Crippen LogP contribution in [-0.2, 0) is 21.4 Å². The Labute approximate surface area is 176 Å².